The first kappa shape index (κ1) is 16.6. The van der Waals surface area contributed by atoms with E-state index in [0.717, 1.165) is 47.6 Å². The van der Waals surface area contributed by atoms with E-state index in [-0.39, 0.29) is 0 Å². The molecule has 0 aliphatic carbocycles. The Bertz CT molecular complexity index is 1070. The Morgan fingerprint density at radius 3 is 2.77 bits per heavy atom. The summed E-state index contributed by atoms with van der Waals surface area (Å²) < 4.78 is 0. The first-order valence-corrected chi connectivity index (χ1v) is 8.97. The highest BCUT2D eigenvalue weighted by Crippen LogP contribution is 2.30. The normalized spacial score (nSPS) is 11.8. The molecule has 0 spiro atoms. The summed E-state index contributed by atoms with van der Waals surface area (Å²) in [6, 6.07) is 10.6. The lowest BCUT2D eigenvalue weighted by molar-refractivity contribution is 0.327. The van der Waals surface area contributed by atoms with Gasteiger partial charge in [-0.15, -0.1) is 0 Å². The molecule has 4 aromatic rings. The van der Waals surface area contributed by atoms with Crippen molar-refractivity contribution in [1.29, 1.82) is 0 Å². The third-order valence-corrected chi connectivity index (χ3v) is 4.63. The van der Waals surface area contributed by atoms with E-state index in [1.165, 1.54) is 10.9 Å². The number of H-pyrrole nitrogens is 2. The maximum absolute atomic E-state index is 5.99. The lowest BCUT2D eigenvalue weighted by atomic mass is 10.1. The molecule has 0 unspecified atom stereocenters. The van der Waals surface area contributed by atoms with Crippen LogP contribution in [0.5, 0.6) is 0 Å². The number of hydrogen-bond donors (Lipinski definition) is 3. The second kappa shape index (κ2) is 6.46. The molecule has 3 aromatic heterocycles. The summed E-state index contributed by atoms with van der Waals surface area (Å²) in [6.07, 6.45) is 1.16. The minimum atomic E-state index is 0.472. The smallest absolute Gasteiger partial charge is 0.180 e. The maximum atomic E-state index is 5.99. The summed E-state index contributed by atoms with van der Waals surface area (Å²) in [5, 5.41) is 1.18. The molecule has 0 saturated heterocycles. The van der Waals surface area contributed by atoms with E-state index in [1.54, 1.807) is 0 Å². The van der Waals surface area contributed by atoms with Gasteiger partial charge in [0.2, 0.25) is 0 Å². The predicted octanol–water partition coefficient (Wildman–Crippen LogP) is 3.84. The van der Waals surface area contributed by atoms with E-state index in [9.17, 15) is 0 Å². The Morgan fingerprint density at radius 2 is 1.96 bits per heavy atom. The minimum absolute atomic E-state index is 0.472. The van der Waals surface area contributed by atoms with Gasteiger partial charge in [-0.1, -0.05) is 19.1 Å². The van der Waals surface area contributed by atoms with E-state index < -0.39 is 0 Å². The molecule has 26 heavy (non-hydrogen) atoms. The number of nitrogens with two attached hydrogens (primary N) is 1. The van der Waals surface area contributed by atoms with Crippen LogP contribution in [0.25, 0.3) is 33.3 Å². The van der Waals surface area contributed by atoms with Crippen molar-refractivity contribution >= 4 is 27.9 Å². The fourth-order valence-corrected chi connectivity index (χ4v) is 3.53. The number of nitrogens with one attached hydrogen (secondary N) is 2. The zero-order chi connectivity index (χ0) is 18.3. The third kappa shape index (κ3) is 3.04. The molecule has 4 N–H and O–H groups in total. The molecule has 0 atom stereocenters. The molecule has 0 amide bonds. The summed E-state index contributed by atoms with van der Waals surface area (Å²) in [5.41, 5.74) is 12.0. The fraction of sp³-hybridized carbons (Fsp3) is 0.300. The fourth-order valence-electron chi connectivity index (χ4n) is 3.53. The van der Waals surface area contributed by atoms with Crippen LogP contribution in [-0.4, -0.2) is 38.4 Å². The first-order chi connectivity index (χ1) is 12.5. The van der Waals surface area contributed by atoms with E-state index in [4.69, 9.17) is 5.73 Å². The van der Waals surface area contributed by atoms with Crippen LogP contribution in [0.2, 0.25) is 0 Å². The van der Waals surface area contributed by atoms with Crippen molar-refractivity contribution < 1.29 is 0 Å². The van der Waals surface area contributed by atoms with Crippen molar-refractivity contribution in [3.05, 3.63) is 41.7 Å². The number of nitrogen functional groups attached to an aromatic ring is 1. The summed E-state index contributed by atoms with van der Waals surface area (Å²) in [5.74, 6) is 1.30. The summed E-state index contributed by atoms with van der Waals surface area (Å²) in [6.45, 7) is 6.17. The number of nitrogens with zero attached hydrogens (tertiary/aromatic N) is 3. The number of rotatable bonds is 5. The van der Waals surface area contributed by atoms with Crippen molar-refractivity contribution in [1.82, 2.24) is 24.8 Å². The topological polar surface area (TPSA) is 86.6 Å². The molecule has 3 heterocycles. The highest BCUT2D eigenvalue weighted by atomic mass is 15.1. The zero-order valence-corrected chi connectivity index (χ0v) is 15.4. The van der Waals surface area contributed by atoms with Crippen LogP contribution in [0.15, 0.2) is 30.3 Å². The second-order valence-electron chi connectivity index (χ2n) is 6.96. The van der Waals surface area contributed by atoms with Gasteiger partial charge in [-0.2, -0.15) is 0 Å². The Kier molecular flexibility index (Phi) is 4.12. The lowest BCUT2D eigenvalue weighted by Gasteiger charge is -2.15. The Balaban J connectivity index is 1.76. The molecule has 1 aromatic carbocycles. The molecule has 134 valence electrons. The quantitative estimate of drug-likeness (QED) is 0.511. The molecule has 0 radical (unpaired) electrons. The molecule has 4 rings (SSSR count). The number of imidazole rings is 1. The number of anilines is 1. The van der Waals surface area contributed by atoms with Crippen LogP contribution in [-0.2, 0) is 6.54 Å². The Morgan fingerprint density at radius 1 is 1.12 bits per heavy atom. The van der Waals surface area contributed by atoms with Crippen molar-refractivity contribution in [2.45, 2.75) is 26.8 Å². The van der Waals surface area contributed by atoms with Crippen molar-refractivity contribution in [2.24, 2.45) is 0 Å². The lowest BCUT2D eigenvalue weighted by Crippen LogP contribution is -2.18. The highest BCUT2D eigenvalue weighted by Gasteiger charge is 2.13. The Labute approximate surface area is 152 Å². The molecule has 0 bridgehead atoms. The molecule has 0 aliphatic rings. The van der Waals surface area contributed by atoms with Crippen molar-refractivity contribution in [2.75, 3.05) is 19.3 Å². The number of hydrogen-bond acceptors (Lipinski definition) is 4. The van der Waals surface area contributed by atoms with Crippen LogP contribution in [0.1, 0.15) is 24.7 Å². The molecule has 6 heteroatoms. The van der Waals surface area contributed by atoms with E-state index >= 15 is 0 Å². The van der Waals surface area contributed by atoms with Crippen LogP contribution < -0.4 is 5.73 Å². The monoisotopic (exact) mass is 348 g/mol. The van der Waals surface area contributed by atoms with Gasteiger partial charge in [-0.05, 0) is 50.7 Å². The Hall–Kier alpha value is -2.86. The number of aromatic nitrogens is 4. The summed E-state index contributed by atoms with van der Waals surface area (Å²) >= 11 is 0. The summed E-state index contributed by atoms with van der Waals surface area (Å²) in [4.78, 5) is 17.9. The minimum Gasteiger partial charge on any atom is -0.384 e. The van der Waals surface area contributed by atoms with Gasteiger partial charge in [-0.25, -0.2) is 9.97 Å². The van der Waals surface area contributed by atoms with E-state index in [2.05, 4.69) is 63.1 Å². The summed E-state index contributed by atoms with van der Waals surface area (Å²) in [7, 11) is 2.16. The average Bonchev–Trinajstić information content (AvgIpc) is 3.16. The average molecular weight is 348 g/mol. The number of pyridine rings is 1. The van der Waals surface area contributed by atoms with Gasteiger partial charge >= 0.3 is 0 Å². The van der Waals surface area contributed by atoms with Crippen molar-refractivity contribution in [3.8, 4) is 11.3 Å². The van der Waals surface area contributed by atoms with Gasteiger partial charge in [0.05, 0.1) is 5.52 Å². The standard InChI is InChI=1S/C20H24N6/c1-4-7-26(3)11-13-5-6-14-9-17(24-16(14)8-13)15-10-18(21)25-20-19(15)22-12(2)23-20/h5-6,8-10,24H,4,7,11H2,1-3H3,(H3,21,22,23,25). The van der Waals surface area contributed by atoms with Crippen molar-refractivity contribution in [3.63, 3.8) is 0 Å². The second-order valence-corrected chi connectivity index (χ2v) is 6.96. The number of aromatic amines is 2. The molecule has 6 nitrogen and oxygen atoms in total. The number of benzene rings is 1. The SMILES string of the molecule is CCCN(C)Cc1ccc2cc(-c3cc(N)nc4nc(C)[nH]c34)[nH]c2c1. The van der Waals surface area contributed by atoms with Gasteiger partial charge in [0.25, 0.3) is 0 Å². The first-order valence-electron chi connectivity index (χ1n) is 8.97. The zero-order valence-electron chi connectivity index (χ0n) is 15.4. The molecule has 0 saturated carbocycles. The van der Waals surface area contributed by atoms with E-state index in [0.29, 0.717) is 11.5 Å². The van der Waals surface area contributed by atoms with Gasteiger partial charge in [-0.3, -0.25) is 0 Å². The van der Waals surface area contributed by atoms with Gasteiger partial charge in [0.1, 0.15) is 11.6 Å². The van der Waals surface area contributed by atoms with Gasteiger partial charge < -0.3 is 20.6 Å². The van der Waals surface area contributed by atoms with Crippen LogP contribution in [0, 0.1) is 6.92 Å². The third-order valence-electron chi connectivity index (χ3n) is 4.63. The molecule has 0 aliphatic heterocycles. The van der Waals surface area contributed by atoms with Gasteiger partial charge in [0, 0.05) is 28.7 Å². The van der Waals surface area contributed by atoms with Gasteiger partial charge in [0.15, 0.2) is 5.65 Å². The van der Waals surface area contributed by atoms with E-state index in [1.807, 2.05) is 13.0 Å². The van der Waals surface area contributed by atoms with Crippen LogP contribution >= 0.6 is 0 Å². The predicted molar refractivity (Wildman–Crippen MR) is 107 cm³/mol. The van der Waals surface area contributed by atoms with Crippen LogP contribution in [0.3, 0.4) is 0 Å². The molecular weight excluding hydrogens is 324 g/mol. The maximum Gasteiger partial charge on any atom is 0.180 e. The number of aryl methyl sites for hydroxylation is 1. The number of fused-ring (bicyclic) bond motifs is 2. The molecular formula is C20H24N6. The highest BCUT2D eigenvalue weighted by molar-refractivity contribution is 5.95. The van der Waals surface area contributed by atoms with Crippen LogP contribution in [0.4, 0.5) is 5.82 Å². The molecule has 0 fully saturated rings. The largest absolute Gasteiger partial charge is 0.384 e.